The van der Waals surface area contributed by atoms with Gasteiger partial charge in [0.25, 0.3) is 0 Å². The van der Waals surface area contributed by atoms with Crippen molar-refractivity contribution >= 4 is 0 Å². The molecule has 0 aromatic heterocycles. The van der Waals surface area contributed by atoms with Gasteiger partial charge in [-0.25, -0.2) is 0 Å². The summed E-state index contributed by atoms with van der Waals surface area (Å²) in [5.74, 6) is 0.983. The molecule has 0 bridgehead atoms. The number of piperidine rings is 1. The predicted octanol–water partition coefficient (Wildman–Crippen LogP) is 1.88. The Morgan fingerprint density at radius 1 is 1.10 bits per heavy atom. The van der Waals surface area contributed by atoms with Gasteiger partial charge in [0.05, 0.1) is 0 Å². The molecule has 2 aliphatic heterocycles. The second kappa shape index (κ2) is 2.54. The smallest absolute Gasteiger partial charge is 0.0121 e. The van der Waals surface area contributed by atoms with E-state index in [0.717, 1.165) is 12.0 Å². The molecule has 2 rings (SSSR count). The van der Waals surface area contributed by atoms with E-state index in [1.54, 1.807) is 0 Å². The maximum atomic E-state index is 2.69. The Bertz CT molecular complexity index is 122. The lowest BCUT2D eigenvalue weighted by molar-refractivity contribution is 0.144. The zero-order chi connectivity index (χ0) is 6.97. The zero-order valence-corrected chi connectivity index (χ0v) is 6.84. The average molecular weight is 139 g/mol. The van der Waals surface area contributed by atoms with Gasteiger partial charge in [-0.05, 0) is 44.7 Å². The van der Waals surface area contributed by atoms with Crippen LogP contribution in [0.5, 0.6) is 0 Å². The first kappa shape index (κ1) is 6.66. The summed E-state index contributed by atoms with van der Waals surface area (Å²) in [7, 11) is 0. The number of hydrogen-bond acceptors (Lipinski definition) is 1. The molecule has 2 fully saturated rings. The minimum absolute atomic E-state index is 0.966. The quantitative estimate of drug-likeness (QED) is 0.495. The predicted molar refractivity (Wildman–Crippen MR) is 43.0 cm³/mol. The minimum atomic E-state index is 0.966. The molecule has 0 N–H and O–H groups in total. The molecular formula is C9H17N. The van der Waals surface area contributed by atoms with E-state index in [-0.39, 0.29) is 0 Å². The molecule has 0 saturated carbocycles. The molecule has 0 radical (unpaired) electrons. The third-order valence-corrected chi connectivity index (χ3v) is 3.18. The van der Waals surface area contributed by atoms with Gasteiger partial charge in [-0.3, -0.25) is 0 Å². The summed E-state index contributed by atoms with van der Waals surface area (Å²) in [5.41, 5.74) is 0. The fraction of sp³-hybridized carbons (Fsp3) is 1.00. The summed E-state index contributed by atoms with van der Waals surface area (Å²) in [6, 6.07) is 0.966. The van der Waals surface area contributed by atoms with Crippen LogP contribution in [0.3, 0.4) is 0 Å². The van der Waals surface area contributed by atoms with E-state index >= 15 is 0 Å². The molecule has 2 saturated heterocycles. The molecule has 58 valence electrons. The largest absolute Gasteiger partial charge is 0.300 e. The van der Waals surface area contributed by atoms with E-state index in [4.69, 9.17) is 0 Å². The molecule has 0 amide bonds. The highest BCUT2D eigenvalue weighted by molar-refractivity contribution is 4.86. The van der Waals surface area contributed by atoms with Crippen molar-refractivity contribution in [1.29, 1.82) is 0 Å². The van der Waals surface area contributed by atoms with E-state index < -0.39 is 0 Å². The van der Waals surface area contributed by atoms with Crippen LogP contribution in [0.4, 0.5) is 0 Å². The Morgan fingerprint density at radius 3 is 2.50 bits per heavy atom. The van der Waals surface area contributed by atoms with Crippen LogP contribution < -0.4 is 0 Å². The molecule has 1 heteroatoms. The van der Waals surface area contributed by atoms with Crippen molar-refractivity contribution in [3.05, 3.63) is 0 Å². The highest BCUT2D eigenvalue weighted by atomic mass is 15.2. The van der Waals surface area contributed by atoms with Gasteiger partial charge in [-0.1, -0.05) is 6.92 Å². The number of hydrogen-bond donors (Lipinski definition) is 0. The second-order valence-electron chi connectivity index (χ2n) is 3.87. The lowest BCUT2D eigenvalue weighted by Crippen LogP contribution is -2.39. The van der Waals surface area contributed by atoms with Crippen LogP contribution >= 0.6 is 0 Å². The minimum Gasteiger partial charge on any atom is -0.300 e. The summed E-state index contributed by atoms with van der Waals surface area (Å²) < 4.78 is 0. The highest BCUT2D eigenvalue weighted by Gasteiger charge is 2.31. The van der Waals surface area contributed by atoms with Crippen LogP contribution in [0.25, 0.3) is 0 Å². The first-order chi connectivity index (χ1) is 4.88. The third kappa shape index (κ3) is 0.968. The fourth-order valence-electron chi connectivity index (χ4n) is 2.58. The summed E-state index contributed by atoms with van der Waals surface area (Å²) in [6.07, 6.45) is 5.84. The van der Waals surface area contributed by atoms with Crippen LogP contribution in [0, 0.1) is 5.92 Å². The topological polar surface area (TPSA) is 3.24 Å². The number of nitrogens with zero attached hydrogens (tertiary/aromatic N) is 1. The van der Waals surface area contributed by atoms with Crippen molar-refractivity contribution in [3.8, 4) is 0 Å². The lowest BCUT2D eigenvalue weighted by Gasteiger charge is -2.34. The molecule has 1 unspecified atom stereocenters. The first-order valence-electron chi connectivity index (χ1n) is 4.62. The van der Waals surface area contributed by atoms with Crippen molar-refractivity contribution in [2.45, 2.75) is 38.6 Å². The molecule has 1 nitrogen and oxygen atoms in total. The first-order valence-corrected chi connectivity index (χ1v) is 4.62. The Balaban J connectivity index is 2.03. The Kier molecular flexibility index (Phi) is 1.69. The summed E-state index contributed by atoms with van der Waals surface area (Å²) in [6.45, 7) is 5.19. The van der Waals surface area contributed by atoms with Crippen molar-refractivity contribution in [3.63, 3.8) is 0 Å². The maximum Gasteiger partial charge on any atom is 0.0121 e. The van der Waals surface area contributed by atoms with Crippen molar-refractivity contribution < 1.29 is 0 Å². The van der Waals surface area contributed by atoms with E-state index in [2.05, 4.69) is 11.8 Å². The van der Waals surface area contributed by atoms with E-state index in [1.807, 2.05) is 0 Å². The van der Waals surface area contributed by atoms with Crippen molar-refractivity contribution in [1.82, 2.24) is 4.90 Å². The van der Waals surface area contributed by atoms with Gasteiger partial charge in [0.2, 0.25) is 0 Å². The average Bonchev–Trinajstić information content (AvgIpc) is 2.36. The molecule has 0 aromatic rings. The normalized spacial score (nSPS) is 41.7. The van der Waals surface area contributed by atoms with E-state index in [1.165, 1.54) is 38.8 Å². The Labute approximate surface area is 63.4 Å². The molecule has 2 aliphatic rings. The maximum absolute atomic E-state index is 2.69. The molecular weight excluding hydrogens is 122 g/mol. The van der Waals surface area contributed by atoms with Crippen LogP contribution in [0.15, 0.2) is 0 Å². The van der Waals surface area contributed by atoms with Gasteiger partial charge in [-0.2, -0.15) is 0 Å². The van der Waals surface area contributed by atoms with Crippen LogP contribution in [-0.2, 0) is 0 Å². The number of rotatable bonds is 0. The highest BCUT2D eigenvalue weighted by Crippen LogP contribution is 2.30. The Hall–Kier alpha value is -0.0400. The van der Waals surface area contributed by atoms with Crippen LogP contribution in [0.1, 0.15) is 32.6 Å². The molecule has 0 aromatic carbocycles. The second-order valence-corrected chi connectivity index (χ2v) is 3.87. The SMILES string of the molecule is CC1CCCN2CCC[C@H]12. The Morgan fingerprint density at radius 2 is 1.80 bits per heavy atom. The molecule has 0 aliphatic carbocycles. The third-order valence-electron chi connectivity index (χ3n) is 3.18. The monoisotopic (exact) mass is 139 g/mol. The summed E-state index contributed by atoms with van der Waals surface area (Å²) in [4.78, 5) is 2.69. The van der Waals surface area contributed by atoms with Gasteiger partial charge in [0.15, 0.2) is 0 Å². The van der Waals surface area contributed by atoms with Gasteiger partial charge in [-0.15, -0.1) is 0 Å². The summed E-state index contributed by atoms with van der Waals surface area (Å²) in [5, 5.41) is 0. The molecule has 10 heavy (non-hydrogen) atoms. The van der Waals surface area contributed by atoms with Gasteiger partial charge in [0.1, 0.15) is 0 Å². The molecule has 2 heterocycles. The lowest BCUT2D eigenvalue weighted by atomic mass is 9.91. The number of fused-ring (bicyclic) bond motifs is 1. The van der Waals surface area contributed by atoms with Crippen LogP contribution in [-0.4, -0.2) is 24.0 Å². The summed E-state index contributed by atoms with van der Waals surface area (Å²) >= 11 is 0. The zero-order valence-electron chi connectivity index (χ0n) is 6.84. The fourth-order valence-corrected chi connectivity index (χ4v) is 2.58. The van der Waals surface area contributed by atoms with E-state index in [0.29, 0.717) is 0 Å². The standard InChI is InChI=1S/C9H17N/c1-8-4-2-6-10-7-3-5-9(8)10/h8-9H,2-7H2,1H3/t8?,9-/m1/s1. The molecule has 0 spiro atoms. The molecule has 2 atom stereocenters. The van der Waals surface area contributed by atoms with Crippen molar-refractivity contribution in [2.75, 3.05) is 13.1 Å². The van der Waals surface area contributed by atoms with Gasteiger partial charge >= 0.3 is 0 Å². The van der Waals surface area contributed by atoms with Crippen LogP contribution in [0.2, 0.25) is 0 Å². The van der Waals surface area contributed by atoms with Gasteiger partial charge < -0.3 is 4.90 Å². The van der Waals surface area contributed by atoms with E-state index in [9.17, 15) is 0 Å². The van der Waals surface area contributed by atoms with Crippen molar-refractivity contribution in [2.24, 2.45) is 5.92 Å². The van der Waals surface area contributed by atoms with Gasteiger partial charge in [0, 0.05) is 6.04 Å².